The Bertz CT molecular complexity index is 964. The number of carbonyl (C=O) groups is 1. The Morgan fingerprint density at radius 3 is 2.73 bits per heavy atom. The number of nitrogens with zero attached hydrogens (tertiary/aromatic N) is 2. The van der Waals surface area contributed by atoms with Gasteiger partial charge in [-0.3, -0.25) is 4.57 Å². The lowest BCUT2D eigenvalue weighted by Crippen LogP contribution is -2.23. The van der Waals surface area contributed by atoms with Crippen molar-refractivity contribution in [3.8, 4) is 6.07 Å². The molecule has 0 radical (unpaired) electrons. The van der Waals surface area contributed by atoms with Gasteiger partial charge in [0.15, 0.2) is 0 Å². The van der Waals surface area contributed by atoms with Gasteiger partial charge >= 0.3 is 6.09 Å². The van der Waals surface area contributed by atoms with Crippen LogP contribution in [0.5, 0.6) is 0 Å². The fraction of sp³-hybridized carbons (Fsp3) is 0.333. The van der Waals surface area contributed by atoms with Gasteiger partial charge in [-0.25, -0.2) is 4.79 Å². The van der Waals surface area contributed by atoms with E-state index >= 15 is 0 Å². The Labute approximate surface area is 167 Å². The van der Waals surface area contributed by atoms with E-state index in [-0.39, 0.29) is 11.3 Å². The molecule has 2 atom stereocenters. The number of halogens is 1. The zero-order chi connectivity index (χ0) is 18.9. The van der Waals surface area contributed by atoms with Crippen molar-refractivity contribution in [2.24, 2.45) is 5.41 Å². The van der Waals surface area contributed by atoms with Crippen LogP contribution in [0.15, 0.2) is 51.8 Å². The second-order valence-corrected chi connectivity index (χ2v) is 7.71. The van der Waals surface area contributed by atoms with Crippen molar-refractivity contribution in [2.75, 3.05) is 0 Å². The number of aromatic nitrogens is 1. The molecule has 4 nitrogen and oxygen atoms in total. The number of fused-ring (bicyclic) bond motifs is 1. The lowest BCUT2D eigenvalue weighted by molar-refractivity contribution is 0.197. The third kappa shape index (κ3) is 2.86. The van der Waals surface area contributed by atoms with Crippen LogP contribution in [0.3, 0.4) is 0 Å². The molecule has 1 aromatic heterocycles. The maximum absolute atomic E-state index is 11.7. The van der Waals surface area contributed by atoms with Crippen LogP contribution in [0, 0.1) is 16.7 Å². The molecule has 5 heteroatoms. The third-order valence-electron chi connectivity index (χ3n) is 5.39. The highest BCUT2D eigenvalue weighted by atomic mass is 127. The van der Waals surface area contributed by atoms with Crippen LogP contribution < -0.4 is 0 Å². The summed E-state index contributed by atoms with van der Waals surface area (Å²) in [7, 11) is 0. The maximum atomic E-state index is 11.7. The Morgan fingerprint density at radius 1 is 1.38 bits per heavy atom. The Balaban J connectivity index is 2.20. The average molecular weight is 460 g/mol. The molecule has 2 aromatic rings. The van der Waals surface area contributed by atoms with E-state index in [0.29, 0.717) is 11.9 Å². The molecule has 1 aliphatic carbocycles. The van der Waals surface area contributed by atoms with Crippen molar-refractivity contribution in [2.45, 2.75) is 39.0 Å². The highest BCUT2D eigenvalue weighted by molar-refractivity contribution is 14.1. The molecule has 0 spiro atoms. The van der Waals surface area contributed by atoms with E-state index in [4.69, 9.17) is 0 Å². The number of rotatable bonds is 4. The molecule has 1 heterocycles. The van der Waals surface area contributed by atoms with Crippen molar-refractivity contribution in [3.05, 3.63) is 57.3 Å². The van der Waals surface area contributed by atoms with Crippen molar-refractivity contribution in [1.29, 1.82) is 5.26 Å². The predicted molar refractivity (Wildman–Crippen MR) is 112 cm³/mol. The summed E-state index contributed by atoms with van der Waals surface area (Å²) in [6.45, 7) is 4.24. The van der Waals surface area contributed by atoms with Gasteiger partial charge in [0.1, 0.15) is 0 Å². The molecule has 0 aliphatic heterocycles. The molecule has 0 amide bonds. The van der Waals surface area contributed by atoms with E-state index in [1.165, 1.54) is 13.7 Å². The van der Waals surface area contributed by atoms with Crippen molar-refractivity contribution in [3.63, 3.8) is 0 Å². The number of hydrogen-bond donors (Lipinski definition) is 1. The van der Waals surface area contributed by atoms with Gasteiger partial charge in [-0.1, -0.05) is 44.2 Å². The van der Waals surface area contributed by atoms with Crippen molar-refractivity contribution >= 4 is 39.6 Å². The Hall–Kier alpha value is -2.07. The molecule has 26 heavy (non-hydrogen) atoms. The predicted octanol–water partition coefficient (Wildman–Crippen LogP) is 6.23. The van der Waals surface area contributed by atoms with Crippen molar-refractivity contribution < 1.29 is 9.90 Å². The monoisotopic (exact) mass is 460 g/mol. The normalized spacial score (nSPS) is 22.6. The minimum atomic E-state index is -0.976. The minimum absolute atomic E-state index is 0.0377. The minimum Gasteiger partial charge on any atom is -0.464 e. The summed E-state index contributed by atoms with van der Waals surface area (Å²) in [6.07, 6.45) is 7.30. The van der Waals surface area contributed by atoms with Gasteiger partial charge in [0.25, 0.3) is 0 Å². The van der Waals surface area contributed by atoms with Crippen LogP contribution in [0.1, 0.15) is 44.6 Å². The van der Waals surface area contributed by atoms with Gasteiger partial charge in [0, 0.05) is 32.9 Å². The summed E-state index contributed by atoms with van der Waals surface area (Å²) >= 11 is 2.40. The van der Waals surface area contributed by atoms with Crippen LogP contribution in [0.25, 0.3) is 10.9 Å². The van der Waals surface area contributed by atoms with Gasteiger partial charge < -0.3 is 5.11 Å². The molecule has 3 rings (SSSR count). The largest absolute Gasteiger partial charge is 0.464 e. The van der Waals surface area contributed by atoms with Crippen molar-refractivity contribution in [1.82, 2.24) is 4.57 Å². The number of allylic oxidation sites excluding steroid dienone is 4. The first-order valence-corrected chi connectivity index (χ1v) is 9.85. The van der Waals surface area contributed by atoms with E-state index in [2.05, 4.69) is 54.7 Å². The zero-order valence-corrected chi connectivity index (χ0v) is 17.0. The van der Waals surface area contributed by atoms with E-state index < -0.39 is 6.09 Å². The first-order chi connectivity index (χ1) is 12.5. The zero-order valence-electron chi connectivity index (χ0n) is 14.9. The standard InChI is InChI=1S/C21H21IN2O2/c1-3-14-15(9-10-21(4-2,11-12-23)19(14)22)17-13-24(20(25)26)18-8-6-5-7-16(17)18/h5-10,13,15H,3-4,11H2,1-2H3,(H,25,26)/t15-,21-/m1/s1. The number of nitriles is 1. The van der Waals surface area contributed by atoms with Crippen LogP contribution in [-0.2, 0) is 0 Å². The number of hydrogen-bond acceptors (Lipinski definition) is 2. The average Bonchev–Trinajstić information content (AvgIpc) is 3.03. The van der Waals surface area contributed by atoms with Gasteiger partial charge in [0.2, 0.25) is 0 Å². The lowest BCUT2D eigenvalue weighted by Gasteiger charge is -2.35. The molecule has 0 unspecified atom stereocenters. The third-order valence-corrected chi connectivity index (χ3v) is 7.16. The maximum Gasteiger partial charge on any atom is 0.416 e. The van der Waals surface area contributed by atoms with Crippen LogP contribution in [0.4, 0.5) is 4.79 Å². The SMILES string of the molecule is CCC1=C(I)[C@@](CC)(CC#N)C=C[C@H]1c1cn(C(=O)O)c2ccccc12. The van der Waals surface area contributed by atoms with Gasteiger partial charge in [0.05, 0.1) is 11.6 Å². The van der Waals surface area contributed by atoms with Gasteiger partial charge in [-0.2, -0.15) is 5.26 Å². The molecule has 1 aromatic carbocycles. The second-order valence-electron chi connectivity index (χ2n) is 6.63. The highest BCUT2D eigenvalue weighted by Crippen LogP contribution is 2.51. The van der Waals surface area contributed by atoms with E-state index in [1.807, 2.05) is 24.3 Å². The molecule has 1 aliphatic rings. The topological polar surface area (TPSA) is 66.0 Å². The smallest absolute Gasteiger partial charge is 0.416 e. The summed E-state index contributed by atoms with van der Waals surface area (Å²) in [6, 6.07) is 9.96. The van der Waals surface area contributed by atoms with Gasteiger partial charge in [-0.05, 0) is 52.6 Å². The molecule has 0 bridgehead atoms. The highest BCUT2D eigenvalue weighted by Gasteiger charge is 2.36. The molecule has 134 valence electrons. The van der Waals surface area contributed by atoms with E-state index in [9.17, 15) is 15.2 Å². The Morgan fingerprint density at radius 2 is 2.12 bits per heavy atom. The summed E-state index contributed by atoms with van der Waals surface area (Å²) in [5, 5.41) is 19.8. The fourth-order valence-electron chi connectivity index (χ4n) is 3.88. The first kappa shape index (κ1) is 18.7. The molecule has 0 saturated heterocycles. The quantitative estimate of drug-likeness (QED) is 0.435. The molecule has 0 saturated carbocycles. The molecule has 1 N–H and O–H groups in total. The fourth-order valence-corrected chi connectivity index (χ4v) is 5.35. The van der Waals surface area contributed by atoms with Crippen LogP contribution in [0.2, 0.25) is 0 Å². The van der Waals surface area contributed by atoms with Crippen LogP contribution in [-0.4, -0.2) is 15.8 Å². The second kappa shape index (κ2) is 7.28. The summed E-state index contributed by atoms with van der Waals surface area (Å²) in [5.41, 5.74) is 2.77. The first-order valence-electron chi connectivity index (χ1n) is 8.77. The number of benzene rings is 1. The van der Waals surface area contributed by atoms with Gasteiger partial charge in [-0.15, -0.1) is 0 Å². The summed E-state index contributed by atoms with van der Waals surface area (Å²) in [4.78, 5) is 11.7. The molecule has 0 fully saturated rings. The van der Waals surface area contributed by atoms with Crippen LogP contribution >= 0.6 is 22.6 Å². The van der Waals surface area contributed by atoms with E-state index in [0.717, 1.165) is 23.8 Å². The van der Waals surface area contributed by atoms with E-state index in [1.54, 1.807) is 6.20 Å². The molecular weight excluding hydrogens is 439 g/mol. The summed E-state index contributed by atoms with van der Waals surface area (Å²) in [5.74, 6) is 0.0377. The summed E-state index contributed by atoms with van der Waals surface area (Å²) < 4.78 is 2.52. The Kier molecular flexibility index (Phi) is 5.24. The number of para-hydroxylation sites is 1. The molecular formula is C21H21IN2O2. The lowest BCUT2D eigenvalue weighted by atomic mass is 9.72. The number of carboxylic acid groups (broad SMARTS) is 1.